The minimum absolute atomic E-state index is 0.177. The first-order chi connectivity index (χ1) is 17.1. The molecule has 0 unspecified atom stereocenters. The molecule has 1 aliphatic heterocycles. The lowest BCUT2D eigenvalue weighted by Crippen LogP contribution is -2.37. The third-order valence-electron chi connectivity index (χ3n) is 5.74. The second-order valence-electron chi connectivity index (χ2n) is 9.64. The molecular formula is C26H33N3O5S2. The molecule has 4 rings (SSSR count). The number of sulfonamides is 1. The van der Waals surface area contributed by atoms with Crippen LogP contribution in [0.5, 0.6) is 11.5 Å². The molecule has 36 heavy (non-hydrogen) atoms. The maximum absolute atomic E-state index is 13.3. The van der Waals surface area contributed by atoms with Gasteiger partial charge in [0.1, 0.15) is 13.2 Å². The monoisotopic (exact) mass is 531 g/mol. The predicted molar refractivity (Wildman–Crippen MR) is 141 cm³/mol. The Balaban J connectivity index is 1.64. The van der Waals surface area contributed by atoms with Gasteiger partial charge >= 0.3 is 0 Å². The van der Waals surface area contributed by atoms with Crippen molar-refractivity contribution < 1.29 is 22.7 Å². The van der Waals surface area contributed by atoms with E-state index in [9.17, 15) is 13.2 Å². The molecular weight excluding hydrogens is 498 g/mol. The van der Waals surface area contributed by atoms with Gasteiger partial charge in [0.25, 0.3) is 5.91 Å². The highest BCUT2D eigenvalue weighted by Crippen LogP contribution is 2.35. The Labute approximate surface area is 216 Å². The molecule has 2 heterocycles. The molecule has 2 aromatic carbocycles. The first-order valence-electron chi connectivity index (χ1n) is 12.2. The number of thiazole rings is 1. The number of carbonyl (C=O) groups excluding carboxylic acids is 1. The number of amides is 1. The van der Waals surface area contributed by atoms with E-state index in [4.69, 9.17) is 9.47 Å². The maximum Gasteiger partial charge on any atom is 0.279 e. The number of aromatic nitrogens is 1. The van der Waals surface area contributed by atoms with Gasteiger partial charge in [0.15, 0.2) is 16.3 Å². The first kappa shape index (κ1) is 26.4. The summed E-state index contributed by atoms with van der Waals surface area (Å²) >= 11 is 1.40. The van der Waals surface area contributed by atoms with E-state index in [1.165, 1.54) is 39.9 Å². The summed E-state index contributed by atoms with van der Waals surface area (Å²) in [5.41, 5.74) is 1.26. The van der Waals surface area contributed by atoms with Gasteiger partial charge in [-0.15, -0.1) is 0 Å². The van der Waals surface area contributed by atoms with Crippen LogP contribution in [0.15, 0.2) is 46.3 Å². The highest BCUT2D eigenvalue weighted by atomic mass is 32.2. The lowest BCUT2D eigenvalue weighted by atomic mass is 10.2. The summed E-state index contributed by atoms with van der Waals surface area (Å²) in [6, 6.07) is 9.90. The summed E-state index contributed by atoms with van der Waals surface area (Å²) < 4.78 is 42.4. The number of hydrogen-bond acceptors (Lipinski definition) is 6. The van der Waals surface area contributed by atoms with Gasteiger partial charge in [-0.25, -0.2) is 8.42 Å². The van der Waals surface area contributed by atoms with E-state index in [0.717, 1.165) is 10.2 Å². The second-order valence-corrected chi connectivity index (χ2v) is 12.6. The van der Waals surface area contributed by atoms with E-state index >= 15 is 0 Å². The van der Waals surface area contributed by atoms with Gasteiger partial charge < -0.3 is 14.0 Å². The van der Waals surface area contributed by atoms with Gasteiger partial charge in [0.05, 0.1) is 15.1 Å². The molecule has 0 atom stereocenters. The zero-order valence-electron chi connectivity index (χ0n) is 21.4. The van der Waals surface area contributed by atoms with Crippen LogP contribution in [0.3, 0.4) is 0 Å². The first-order valence-corrected chi connectivity index (χ1v) is 14.5. The maximum atomic E-state index is 13.3. The van der Waals surface area contributed by atoms with Crippen molar-refractivity contribution in [3.05, 3.63) is 46.8 Å². The fourth-order valence-electron chi connectivity index (χ4n) is 4.15. The van der Waals surface area contributed by atoms with E-state index in [2.05, 4.69) is 4.99 Å². The molecule has 10 heteroatoms. The molecule has 0 N–H and O–H groups in total. The lowest BCUT2D eigenvalue weighted by molar-refractivity contribution is 0.0997. The molecule has 8 nitrogen and oxygen atoms in total. The molecule has 1 amide bonds. The largest absolute Gasteiger partial charge is 0.486 e. The number of carbonyl (C=O) groups is 1. The van der Waals surface area contributed by atoms with Crippen molar-refractivity contribution in [2.75, 3.05) is 26.3 Å². The van der Waals surface area contributed by atoms with Crippen LogP contribution in [0.1, 0.15) is 45.0 Å². The molecule has 0 spiro atoms. The van der Waals surface area contributed by atoms with Crippen molar-refractivity contribution >= 4 is 37.5 Å². The molecule has 1 aromatic heterocycles. The van der Waals surface area contributed by atoms with Gasteiger partial charge in [0, 0.05) is 37.3 Å². The van der Waals surface area contributed by atoms with Crippen LogP contribution < -0.4 is 14.3 Å². The summed E-state index contributed by atoms with van der Waals surface area (Å²) in [5.74, 6) is 1.36. The van der Waals surface area contributed by atoms with Gasteiger partial charge in [-0.2, -0.15) is 9.30 Å². The van der Waals surface area contributed by atoms with Crippen molar-refractivity contribution in [1.29, 1.82) is 0 Å². The average molecular weight is 532 g/mol. The minimum atomic E-state index is -3.66. The van der Waals surface area contributed by atoms with Crippen LogP contribution >= 0.6 is 11.3 Å². The minimum Gasteiger partial charge on any atom is -0.486 e. The quantitative estimate of drug-likeness (QED) is 0.426. The number of benzene rings is 2. The van der Waals surface area contributed by atoms with Crippen molar-refractivity contribution in [2.45, 2.75) is 46.1 Å². The van der Waals surface area contributed by atoms with Crippen molar-refractivity contribution in [1.82, 2.24) is 8.87 Å². The molecule has 0 fully saturated rings. The fraction of sp³-hybridized carbons (Fsp3) is 0.462. The van der Waals surface area contributed by atoms with Gasteiger partial charge in [-0.3, -0.25) is 4.79 Å². The van der Waals surface area contributed by atoms with E-state index in [1.54, 1.807) is 0 Å². The van der Waals surface area contributed by atoms with Crippen LogP contribution in [0, 0.1) is 11.8 Å². The molecule has 0 aliphatic carbocycles. The fourth-order valence-corrected chi connectivity index (χ4v) is 7.02. The highest BCUT2D eigenvalue weighted by molar-refractivity contribution is 7.89. The van der Waals surface area contributed by atoms with Crippen molar-refractivity contribution in [3.8, 4) is 11.5 Å². The van der Waals surface area contributed by atoms with Crippen LogP contribution in [-0.2, 0) is 16.6 Å². The molecule has 0 saturated carbocycles. The van der Waals surface area contributed by atoms with Crippen molar-refractivity contribution in [2.24, 2.45) is 16.8 Å². The van der Waals surface area contributed by atoms with Crippen LogP contribution in [0.4, 0.5) is 0 Å². The van der Waals surface area contributed by atoms with Gasteiger partial charge in [-0.1, -0.05) is 39.0 Å². The Bertz CT molecular complexity index is 1410. The SMILES string of the molecule is CCn1c(=NC(=O)c2ccc(S(=O)(=O)N(CC(C)C)CC(C)C)cc2)sc2cc3c(cc21)OCCO3. The topological polar surface area (TPSA) is 90.2 Å². The Morgan fingerprint density at radius 1 is 1.03 bits per heavy atom. The van der Waals surface area contributed by atoms with Crippen LogP contribution in [0.25, 0.3) is 10.2 Å². The van der Waals surface area contributed by atoms with Gasteiger partial charge in [-0.05, 0) is 43.0 Å². The standard InChI is InChI=1S/C26H33N3O5S2/c1-6-29-21-13-22-23(34-12-11-33-22)14-24(21)35-26(29)27-25(30)19-7-9-20(10-8-19)36(31,32)28(15-17(2)3)16-18(4)5/h7-10,13-14,17-18H,6,11-12,15-16H2,1-5H3. The molecule has 1 aliphatic rings. The molecule has 194 valence electrons. The zero-order valence-corrected chi connectivity index (χ0v) is 23.0. The summed E-state index contributed by atoms with van der Waals surface area (Å²) in [6.45, 7) is 12.5. The number of fused-ring (bicyclic) bond motifs is 2. The van der Waals surface area contributed by atoms with E-state index in [-0.39, 0.29) is 16.7 Å². The summed E-state index contributed by atoms with van der Waals surface area (Å²) in [7, 11) is -3.66. The number of aryl methyl sites for hydroxylation is 1. The highest BCUT2D eigenvalue weighted by Gasteiger charge is 2.26. The Morgan fingerprint density at radius 3 is 2.17 bits per heavy atom. The average Bonchev–Trinajstić information content (AvgIpc) is 3.17. The number of hydrogen-bond donors (Lipinski definition) is 0. The summed E-state index contributed by atoms with van der Waals surface area (Å²) in [5, 5.41) is 0. The Kier molecular flexibility index (Phi) is 7.87. The van der Waals surface area contributed by atoms with Crippen molar-refractivity contribution in [3.63, 3.8) is 0 Å². The third-order valence-corrected chi connectivity index (χ3v) is 8.62. The molecule has 0 bridgehead atoms. The number of rotatable bonds is 8. The number of ether oxygens (including phenoxy) is 2. The zero-order chi connectivity index (χ0) is 26.0. The summed E-state index contributed by atoms with van der Waals surface area (Å²) in [4.78, 5) is 18.1. The molecule has 3 aromatic rings. The van der Waals surface area contributed by atoms with E-state index < -0.39 is 15.9 Å². The normalized spacial score (nSPS) is 14.4. The smallest absolute Gasteiger partial charge is 0.279 e. The Hall–Kier alpha value is -2.69. The van der Waals surface area contributed by atoms with Crippen LogP contribution in [0.2, 0.25) is 0 Å². The molecule has 0 saturated heterocycles. The molecule has 0 radical (unpaired) electrons. The second kappa shape index (κ2) is 10.7. The van der Waals surface area contributed by atoms with Crippen LogP contribution in [-0.4, -0.2) is 49.5 Å². The lowest BCUT2D eigenvalue weighted by Gasteiger charge is -2.25. The number of nitrogens with zero attached hydrogens (tertiary/aromatic N) is 3. The Morgan fingerprint density at radius 2 is 1.61 bits per heavy atom. The van der Waals surface area contributed by atoms with Gasteiger partial charge in [0.2, 0.25) is 10.0 Å². The van der Waals surface area contributed by atoms with E-state index in [0.29, 0.717) is 54.7 Å². The van der Waals surface area contributed by atoms with E-state index in [1.807, 2.05) is 51.3 Å². The third kappa shape index (κ3) is 5.50. The predicted octanol–water partition coefficient (Wildman–Crippen LogP) is 4.54. The summed E-state index contributed by atoms with van der Waals surface area (Å²) in [6.07, 6.45) is 0.